The van der Waals surface area contributed by atoms with E-state index in [2.05, 4.69) is 10.2 Å². The largest absolute Gasteiger partial charge is 0.493 e. The van der Waals surface area contributed by atoms with Crippen LogP contribution in [0.25, 0.3) is 10.9 Å². The number of ether oxygens (including phenoxy) is 1. The Bertz CT molecular complexity index is 918. The molecule has 0 saturated heterocycles. The van der Waals surface area contributed by atoms with Crippen molar-refractivity contribution in [2.45, 2.75) is 20.4 Å². The number of nitrogens with zero attached hydrogens (tertiary/aromatic N) is 3. The Labute approximate surface area is 151 Å². The van der Waals surface area contributed by atoms with Crippen LogP contribution in [0.15, 0.2) is 52.7 Å². The highest BCUT2D eigenvalue weighted by atomic mass is 35.5. The molecule has 0 atom stereocenters. The number of hydrogen-bond acceptors (Lipinski definition) is 4. The third-order valence-corrected chi connectivity index (χ3v) is 4.41. The predicted octanol–water partition coefficient (Wildman–Crippen LogP) is 5.76. The van der Waals surface area contributed by atoms with Crippen LogP contribution in [-0.4, -0.2) is 22.9 Å². The number of para-hydroxylation sites is 1. The van der Waals surface area contributed by atoms with Gasteiger partial charge in [0, 0.05) is 23.6 Å². The molecule has 5 nitrogen and oxygen atoms in total. The van der Waals surface area contributed by atoms with Gasteiger partial charge >= 0.3 is 0 Å². The quantitative estimate of drug-likeness (QED) is 0.450. The highest BCUT2D eigenvalue weighted by molar-refractivity contribution is 6.31. The maximum Gasteiger partial charge on any atom is 0.220 e. The topological polar surface area (TPSA) is 59.1 Å². The van der Waals surface area contributed by atoms with Crippen molar-refractivity contribution >= 4 is 33.9 Å². The molecule has 3 rings (SSSR count). The molecule has 0 bridgehead atoms. The Kier molecular flexibility index (Phi) is 5.36. The highest BCUT2D eigenvalue weighted by Gasteiger charge is 2.16. The second kappa shape index (κ2) is 7.68. The zero-order chi connectivity index (χ0) is 17.8. The predicted molar refractivity (Wildman–Crippen MR) is 100 cm³/mol. The molecular weight excluding hydrogens is 338 g/mol. The fourth-order valence-electron chi connectivity index (χ4n) is 2.65. The van der Waals surface area contributed by atoms with Crippen molar-refractivity contribution in [2.75, 3.05) is 13.2 Å². The Balaban J connectivity index is 1.99. The molecule has 0 saturated carbocycles. The third-order valence-electron chi connectivity index (χ3n) is 4.00. The molecule has 0 aliphatic carbocycles. The third kappa shape index (κ3) is 3.67. The van der Waals surface area contributed by atoms with E-state index in [9.17, 15) is 5.11 Å². The monoisotopic (exact) mass is 357 g/mol. The molecule has 0 aliphatic rings. The second-order valence-electron chi connectivity index (χ2n) is 5.67. The number of aromatic hydroxyl groups is 1. The van der Waals surface area contributed by atoms with E-state index in [0.29, 0.717) is 36.2 Å². The lowest BCUT2D eigenvalue weighted by Crippen LogP contribution is -2.05. The summed E-state index contributed by atoms with van der Waals surface area (Å²) in [4.78, 5) is 0. The Hall–Kier alpha value is -2.37. The van der Waals surface area contributed by atoms with E-state index in [1.165, 1.54) is 0 Å². The number of azo groups is 1. The van der Waals surface area contributed by atoms with Crippen LogP contribution in [0, 0.1) is 6.92 Å². The van der Waals surface area contributed by atoms with E-state index in [1.54, 1.807) is 10.6 Å². The number of halogens is 1. The molecule has 0 unspecified atom stereocenters. The molecule has 0 fully saturated rings. The van der Waals surface area contributed by atoms with Gasteiger partial charge in [-0.15, -0.1) is 5.11 Å². The summed E-state index contributed by atoms with van der Waals surface area (Å²) in [6, 6.07) is 13.2. The number of rotatable bonds is 6. The zero-order valence-electron chi connectivity index (χ0n) is 14.2. The fourth-order valence-corrected chi connectivity index (χ4v) is 2.82. The van der Waals surface area contributed by atoms with Crippen LogP contribution in [0.3, 0.4) is 0 Å². The number of aryl methyl sites for hydroxylation is 1. The molecule has 1 N–H and O–H groups in total. The lowest BCUT2D eigenvalue weighted by atomic mass is 10.2. The van der Waals surface area contributed by atoms with Crippen molar-refractivity contribution in [3.8, 4) is 5.88 Å². The number of hydrogen-bond donors (Lipinski definition) is 1. The van der Waals surface area contributed by atoms with E-state index >= 15 is 0 Å². The summed E-state index contributed by atoms with van der Waals surface area (Å²) < 4.78 is 7.20. The molecule has 3 aromatic rings. The molecule has 0 amide bonds. The van der Waals surface area contributed by atoms with Gasteiger partial charge in [-0.1, -0.05) is 35.9 Å². The van der Waals surface area contributed by atoms with Gasteiger partial charge in [0.1, 0.15) is 0 Å². The Morgan fingerprint density at radius 2 is 1.96 bits per heavy atom. The summed E-state index contributed by atoms with van der Waals surface area (Å²) in [5.41, 5.74) is 2.97. The first-order valence-electron chi connectivity index (χ1n) is 8.17. The molecule has 0 spiro atoms. The molecule has 1 heterocycles. The number of benzene rings is 2. The van der Waals surface area contributed by atoms with E-state index < -0.39 is 0 Å². The maximum atomic E-state index is 10.6. The summed E-state index contributed by atoms with van der Waals surface area (Å²) in [6.07, 6.45) is 0. The van der Waals surface area contributed by atoms with Crippen LogP contribution in [-0.2, 0) is 11.3 Å². The molecule has 25 heavy (non-hydrogen) atoms. The molecule has 6 heteroatoms. The van der Waals surface area contributed by atoms with Crippen molar-refractivity contribution in [1.82, 2.24) is 4.57 Å². The molecule has 0 radical (unpaired) electrons. The van der Waals surface area contributed by atoms with Gasteiger partial charge in [-0.2, -0.15) is 5.11 Å². The zero-order valence-corrected chi connectivity index (χ0v) is 15.0. The van der Waals surface area contributed by atoms with Crippen molar-refractivity contribution in [1.29, 1.82) is 0 Å². The average Bonchev–Trinajstić information content (AvgIpc) is 2.88. The van der Waals surface area contributed by atoms with Crippen LogP contribution in [0.2, 0.25) is 5.02 Å². The van der Waals surface area contributed by atoms with Gasteiger partial charge in [0.2, 0.25) is 5.88 Å². The van der Waals surface area contributed by atoms with Gasteiger partial charge < -0.3 is 14.4 Å². The standard InChI is InChI=1S/C19H20ClN3O2/c1-3-25-11-10-23-17-7-5-4-6-15(17)18(19(23)24)22-21-14-9-8-13(2)16(20)12-14/h4-9,12,24H,3,10-11H2,1-2H3. The average molecular weight is 358 g/mol. The SMILES string of the molecule is CCOCCn1c(O)c(N=Nc2ccc(C)c(Cl)c2)c2ccccc21. The maximum absolute atomic E-state index is 10.6. The van der Waals surface area contributed by atoms with Gasteiger partial charge in [-0.05, 0) is 37.6 Å². The first-order valence-corrected chi connectivity index (χ1v) is 8.55. The Morgan fingerprint density at radius 1 is 1.16 bits per heavy atom. The molecule has 130 valence electrons. The molecule has 2 aromatic carbocycles. The van der Waals surface area contributed by atoms with Crippen molar-refractivity contribution in [3.05, 3.63) is 53.1 Å². The van der Waals surface area contributed by atoms with Crippen LogP contribution in [0.4, 0.5) is 11.4 Å². The Morgan fingerprint density at radius 3 is 2.72 bits per heavy atom. The van der Waals surface area contributed by atoms with E-state index in [0.717, 1.165) is 16.5 Å². The summed E-state index contributed by atoms with van der Waals surface area (Å²) >= 11 is 6.13. The summed E-state index contributed by atoms with van der Waals surface area (Å²) in [5, 5.41) is 20.6. The van der Waals surface area contributed by atoms with Gasteiger partial charge in [0.15, 0.2) is 5.69 Å². The minimum Gasteiger partial charge on any atom is -0.493 e. The lowest BCUT2D eigenvalue weighted by Gasteiger charge is -2.06. The van der Waals surface area contributed by atoms with Gasteiger partial charge in [-0.25, -0.2) is 0 Å². The van der Waals surface area contributed by atoms with Crippen LogP contribution < -0.4 is 0 Å². The fraction of sp³-hybridized carbons (Fsp3) is 0.263. The minimum absolute atomic E-state index is 0.0860. The molecule has 0 aliphatic heterocycles. The summed E-state index contributed by atoms with van der Waals surface area (Å²) in [5.74, 6) is 0.0860. The van der Waals surface area contributed by atoms with Crippen LogP contribution in [0.1, 0.15) is 12.5 Å². The molecule has 1 aromatic heterocycles. The van der Waals surface area contributed by atoms with Crippen molar-refractivity contribution in [2.24, 2.45) is 10.2 Å². The van der Waals surface area contributed by atoms with Crippen molar-refractivity contribution < 1.29 is 9.84 Å². The second-order valence-corrected chi connectivity index (χ2v) is 6.08. The number of aromatic nitrogens is 1. The normalized spacial score (nSPS) is 11.6. The first kappa shape index (κ1) is 17.5. The molecular formula is C19H20ClN3O2. The van der Waals surface area contributed by atoms with Crippen LogP contribution in [0.5, 0.6) is 5.88 Å². The van der Waals surface area contributed by atoms with E-state index in [4.69, 9.17) is 16.3 Å². The summed E-state index contributed by atoms with van der Waals surface area (Å²) in [6.45, 7) is 5.58. The van der Waals surface area contributed by atoms with E-state index in [-0.39, 0.29) is 5.88 Å². The highest BCUT2D eigenvalue weighted by Crippen LogP contribution is 2.39. The van der Waals surface area contributed by atoms with Gasteiger partial charge in [-0.3, -0.25) is 0 Å². The van der Waals surface area contributed by atoms with Gasteiger partial charge in [0.05, 0.1) is 17.8 Å². The van der Waals surface area contributed by atoms with Crippen LogP contribution >= 0.6 is 11.6 Å². The number of fused-ring (bicyclic) bond motifs is 1. The lowest BCUT2D eigenvalue weighted by molar-refractivity contribution is 0.138. The summed E-state index contributed by atoms with van der Waals surface area (Å²) in [7, 11) is 0. The van der Waals surface area contributed by atoms with Gasteiger partial charge in [0.25, 0.3) is 0 Å². The smallest absolute Gasteiger partial charge is 0.220 e. The first-order chi connectivity index (χ1) is 12.1. The van der Waals surface area contributed by atoms with Crippen molar-refractivity contribution in [3.63, 3.8) is 0 Å². The minimum atomic E-state index is 0.0860. The van der Waals surface area contributed by atoms with E-state index in [1.807, 2.05) is 50.2 Å².